The Morgan fingerprint density at radius 3 is 2.75 bits per heavy atom. The van der Waals surface area contributed by atoms with E-state index < -0.39 is 0 Å². The highest BCUT2D eigenvalue weighted by atomic mass is 16.3. The van der Waals surface area contributed by atoms with Crippen molar-refractivity contribution in [3.05, 3.63) is 27.4 Å². The first kappa shape index (κ1) is 12.9. The molecule has 0 fully saturated rings. The summed E-state index contributed by atoms with van der Waals surface area (Å²) in [5.74, 6) is 0.624. The fourth-order valence-electron chi connectivity index (χ4n) is 1.56. The van der Waals surface area contributed by atoms with E-state index in [9.17, 15) is 4.79 Å². The van der Waals surface area contributed by atoms with Crippen molar-refractivity contribution in [1.82, 2.24) is 9.97 Å². The van der Waals surface area contributed by atoms with E-state index in [1.165, 1.54) is 0 Å². The van der Waals surface area contributed by atoms with Crippen molar-refractivity contribution < 1.29 is 5.11 Å². The molecule has 0 bridgehead atoms. The first-order chi connectivity index (χ1) is 7.58. The van der Waals surface area contributed by atoms with Gasteiger partial charge in [0.05, 0.1) is 0 Å². The van der Waals surface area contributed by atoms with Gasteiger partial charge in [-0.1, -0.05) is 6.92 Å². The lowest BCUT2D eigenvalue weighted by Gasteiger charge is -2.09. The summed E-state index contributed by atoms with van der Waals surface area (Å²) in [7, 11) is 0. The van der Waals surface area contributed by atoms with E-state index in [1.54, 1.807) is 6.92 Å². The first-order valence-electron chi connectivity index (χ1n) is 5.53. The third-order valence-corrected chi connectivity index (χ3v) is 2.61. The number of aliphatic hydroxyl groups is 1. The maximum Gasteiger partial charge on any atom is 0.254 e. The lowest BCUT2D eigenvalue weighted by molar-refractivity contribution is 0.298. The Labute approximate surface area is 94.7 Å². The number of rotatable bonds is 5. The number of aromatic amines is 1. The fourth-order valence-corrected chi connectivity index (χ4v) is 1.56. The Balaban J connectivity index is 2.96. The monoisotopic (exact) mass is 225 g/mol. The maximum absolute atomic E-state index is 11.7. The quantitative estimate of drug-likeness (QED) is 0.652. The van der Waals surface area contributed by atoms with Gasteiger partial charge in [-0.25, -0.2) is 4.98 Å². The van der Waals surface area contributed by atoms with Gasteiger partial charge in [-0.05, 0) is 13.3 Å². The molecule has 0 aliphatic carbocycles. The number of nitrogens with zero attached hydrogens (tertiary/aromatic N) is 1. The zero-order valence-electron chi connectivity index (χ0n) is 9.79. The summed E-state index contributed by atoms with van der Waals surface area (Å²) < 4.78 is 0. The Bertz CT molecular complexity index is 401. The van der Waals surface area contributed by atoms with Gasteiger partial charge < -0.3 is 15.8 Å². The minimum absolute atomic E-state index is 0.0197. The SMILES string of the molecule is CCC(N)Cc1nc(C)c(CCO)c(=O)[nH]1. The molecular weight excluding hydrogens is 206 g/mol. The number of nitrogens with one attached hydrogen (secondary N) is 1. The van der Waals surface area contributed by atoms with Gasteiger partial charge in [0, 0.05) is 36.7 Å². The maximum atomic E-state index is 11.7. The molecule has 0 aromatic carbocycles. The van der Waals surface area contributed by atoms with Crippen LogP contribution in [-0.2, 0) is 12.8 Å². The van der Waals surface area contributed by atoms with Gasteiger partial charge >= 0.3 is 0 Å². The fraction of sp³-hybridized carbons (Fsp3) is 0.636. The van der Waals surface area contributed by atoms with Crippen LogP contribution in [0.25, 0.3) is 0 Å². The molecule has 16 heavy (non-hydrogen) atoms. The normalized spacial score (nSPS) is 12.8. The van der Waals surface area contributed by atoms with Crippen LogP contribution in [0.5, 0.6) is 0 Å². The highest BCUT2D eigenvalue weighted by molar-refractivity contribution is 5.17. The standard InChI is InChI=1S/C11H19N3O2/c1-3-8(12)6-10-13-7(2)9(4-5-15)11(16)14-10/h8,15H,3-6,12H2,1-2H3,(H,13,14,16). The van der Waals surface area contributed by atoms with Crippen molar-refractivity contribution in [1.29, 1.82) is 0 Å². The molecule has 1 unspecified atom stereocenters. The lowest BCUT2D eigenvalue weighted by Crippen LogP contribution is -2.26. The zero-order chi connectivity index (χ0) is 12.1. The average molecular weight is 225 g/mol. The predicted octanol–water partition coefficient (Wildman–Crippen LogP) is -0.107. The van der Waals surface area contributed by atoms with E-state index >= 15 is 0 Å². The highest BCUT2D eigenvalue weighted by Crippen LogP contribution is 2.02. The van der Waals surface area contributed by atoms with Crippen LogP contribution in [0.1, 0.15) is 30.4 Å². The van der Waals surface area contributed by atoms with Crippen LogP contribution in [0.15, 0.2) is 4.79 Å². The largest absolute Gasteiger partial charge is 0.396 e. The summed E-state index contributed by atoms with van der Waals surface area (Å²) in [5.41, 5.74) is 6.86. The van der Waals surface area contributed by atoms with Crippen molar-refractivity contribution in [2.75, 3.05) is 6.61 Å². The lowest BCUT2D eigenvalue weighted by atomic mass is 10.1. The minimum Gasteiger partial charge on any atom is -0.396 e. The summed E-state index contributed by atoms with van der Waals surface area (Å²) in [6.45, 7) is 3.73. The molecule has 0 saturated heterocycles. The smallest absolute Gasteiger partial charge is 0.254 e. The van der Waals surface area contributed by atoms with Gasteiger partial charge in [-0.2, -0.15) is 0 Å². The van der Waals surface area contributed by atoms with Crippen LogP contribution < -0.4 is 11.3 Å². The van der Waals surface area contributed by atoms with Crippen molar-refractivity contribution in [3.63, 3.8) is 0 Å². The highest BCUT2D eigenvalue weighted by Gasteiger charge is 2.09. The molecule has 1 heterocycles. The Morgan fingerprint density at radius 1 is 1.56 bits per heavy atom. The van der Waals surface area contributed by atoms with Crippen molar-refractivity contribution in [2.45, 2.75) is 39.2 Å². The van der Waals surface area contributed by atoms with Gasteiger partial charge in [0.1, 0.15) is 5.82 Å². The third-order valence-electron chi connectivity index (χ3n) is 2.61. The number of H-pyrrole nitrogens is 1. The number of aryl methyl sites for hydroxylation is 1. The summed E-state index contributed by atoms with van der Waals surface area (Å²) in [6.07, 6.45) is 1.77. The molecule has 0 radical (unpaired) electrons. The van der Waals surface area contributed by atoms with Crippen LogP contribution >= 0.6 is 0 Å². The summed E-state index contributed by atoms with van der Waals surface area (Å²) >= 11 is 0. The molecule has 0 amide bonds. The molecule has 5 nitrogen and oxygen atoms in total. The van der Waals surface area contributed by atoms with Crippen LogP contribution in [-0.4, -0.2) is 27.7 Å². The van der Waals surface area contributed by atoms with E-state index in [2.05, 4.69) is 9.97 Å². The molecule has 0 spiro atoms. The molecule has 5 heteroatoms. The van der Waals surface area contributed by atoms with E-state index in [0.29, 0.717) is 29.9 Å². The molecule has 0 aliphatic rings. The predicted molar refractivity (Wildman–Crippen MR) is 62.4 cm³/mol. The summed E-state index contributed by atoms with van der Waals surface area (Å²) in [4.78, 5) is 18.7. The van der Waals surface area contributed by atoms with Crippen molar-refractivity contribution in [3.8, 4) is 0 Å². The minimum atomic E-state index is -0.167. The summed E-state index contributed by atoms with van der Waals surface area (Å²) in [5, 5.41) is 8.82. The number of hydrogen-bond acceptors (Lipinski definition) is 4. The van der Waals surface area contributed by atoms with Gasteiger partial charge in [0.15, 0.2) is 0 Å². The molecule has 1 rings (SSSR count). The summed E-state index contributed by atoms with van der Waals surface area (Å²) in [6, 6.07) is 0.0197. The molecule has 4 N–H and O–H groups in total. The molecule has 1 atom stereocenters. The Kier molecular flexibility index (Phi) is 4.64. The Morgan fingerprint density at radius 2 is 2.25 bits per heavy atom. The third kappa shape index (κ3) is 3.15. The second kappa shape index (κ2) is 5.77. The Hall–Kier alpha value is -1.20. The molecule has 1 aromatic heterocycles. The number of aromatic nitrogens is 2. The zero-order valence-corrected chi connectivity index (χ0v) is 9.79. The van der Waals surface area contributed by atoms with Crippen LogP contribution in [0, 0.1) is 6.92 Å². The van der Waals surface area contributed by atoms with Gasteiger partial charge in [-0.15, -0.1) is 0 Å². The second-order valence-electron chi connectivity index (χ2n) is 3.92. The van der Waals surface area contributed by atoms with Crippen LogP contribution in [0.2, 0.25) is 0 Å². The van der Waals surface area contributed by atoms with Gasteiger partial charge in [-0.3, -0.25) is 4.79 Å². The van der Waals surface area contributed by atoms with E-state index in [0.717, 1.165) is 6.42 Å². The van der Waals surface area contributed by atoms with Gasteiger partial charge in [0.25, 0.3) is 5.56 Å². The number of aliphatic hydroxyl groups excluding tert-OH is 1. The molecule has 1 aromatic rings. The van der Waals surface area contributed by atoms with E-state index in [1.807, 2.05) is 6.92 Å². The van der Waals surface area contributed by atoms with E-state index in [-0.39, 0.29) is 18.2 Å². The van der Waals surface area contributed by atoms with Crippen molar-refractivity contribution in [2.24, 2.45) is 5.73 Å². The molecule has 90 valence electrons. The van der Waals surface area contributed by atoms with Crippen LogP contribution in [0.4, 0.5) is 0 Å². The first-order valence-corrected chi connectivity index (χ1v) is 5.53. The van der Waals surface area contributed by atoms with Crippen LogP contribution in [0.3, 0.4) is 0 Å². The molecule has 0 saturated carbocycles. The molecular formula is C11H19N3O2. The average Bonchev–Trinajstić information content (AvgIpc) is 2.23. The second-order valence-corrected chi connectivity index (χ2v) is 3.92. The number of nitrogens with two attached hydrogens (primary N) is 1. The molecule has 0 aliphatic heterocycles. The topological polar surface area (TPSA) is 92.0 Å². The number of hydrogen-bond donors (Lipinski definition) is 3. The van der Waals surface area contributed by atoms with Crippen molar-refractivity contribution >= 4 is 0 Å². The van der Waals surface area contributed by atoms with E-state index in [4.69, 9.17) is 10.8 Å². The van der Waals surface area contributed by atoms with Gasteiger partial charge in [0.2, 0.25) is 0 Å².